The molecule has 0 aliphatic carbocycles. The molecule has 0 heterocycles. The molecule has 0 aromatic rings. The Balaban J connectivity index is 2.72. The van der Waals surface area contributed by atoms with Crippen molar-refractivity contribution in [3.63, 3.8) is 0 Å². The van der Waals surface area contributed by atoms with Crippen molar-refractivity contribution in [2.75, 3.05) is 0 Å². The first-order chi connectivity index (χ1) is 3.77. The van der Waals surface area contributed by atoms with Crippen LogP contribution in [0.2, 0.25) is 0 Å². The fraction of sp³-hybridized carbons (Fsp3) is 0.875. The summed E-state index contributed by atoms with van der Waals surface area (Å²) in [6, 6.07) is 0. The Morgan fingerprint density at radius 1 is 1.38 bits per heavy atom. The Bertz CT molecular complexity index is 37.3. The molecule has 0 aromatic heterocycles. The molecule has 0 bridgehead atoms. The SMILES string of the molecule is CCCC[CH-]C(C)C. The van der Waals surface area contributed by atoms with Gasteiger partial charge in [-0.3, -0.25) is 0 Å². The second-order valence-corrected chi connectivity index (χ2v) is 2.62. The first-order valence-electron chi connectivity index (χ1n) is 3.60. The molecule has 0 saturated carbocycles. The van der Waals surface area contributed by atoms with E-state index in [9.17, 15) is 0 Å². The van der Waals surface area contributed by atoms with Crippen molar-refractivity contribution in [1.82, 2.24) is 0 Å². The van der Waals surface area contributed by atoms with E-state index in [4.69, 9.17) is 0 Å². The van der Waals surface area contributed by atoms with E-state index in [2.05, 4.69) is 27.2 Å². The van der Waals surface area contributed by atoms with E-state index in [0.717, 1.165) is 5.92 Å². The van der Waals surface area contributed by atoms with E-state index in [0.29, 0.717) is 0 Å². The van der Waals surface area contributed by atoms with Crippen LogP contribution >= 0.6 is 0 Å². The molecule has 0 unspecified atom stereocenters. The molecule has 0 aliphatic rings. The van der Waals surface area contributed by atoms with E-state index in [1.165, 1.54) is 19.3 Å². The average molecular weight is 113 g/mol. The van der Waals surface area contributed by atoms with Gasteiger partial charge >= 0.3 is 0 Å². The highest BCUT2D eigenvalue weighted by Gasteiger charge is 1.78. The van der Waals surface area contributed by atoms with Gasteiger partial charge in [0.25, 0.3) is 0 Å². The van der Waals surface area contributed by atoms with Crippen molar-refractivity contribution >= 4 is 0 Å². The van der Waals surface area contributed by atoms with Crippen LogP contribution in [-0.4, -0.2) is 0 Å². The van der Waals surface area contributed by atoms with Gasteiger partial charge in [0.05, 0.1) is 0 Å². The van der Waals surface area contributed by atoms with Crippen molar-refractivity contribution < 1.29 is 0 Å². The van der Waals surface area contributed by atoms with Gasteiger partial charge in [-0.25, -0.2) is 0 Å². The molecule has 0 aliphatic heterocycles. The van der Waals surface area contributed by atoms with E-state index in [1.54, 1.807) is 0 Å². The minimum atomic E-state index is 0.779. The first kappa shape index (κ1) is 8.00. The van der Waals surface area contributed by atoms with Gasteiger partial charge < -0.3 is 6.42 Å². The molecular weight excluding hydrogens is 96.1 g/mol. The van der Waals surface area contributed by atoms with Gasteiger partial charge in [0.2, 0.25) is 0 Å². The van der Waals surface area contributed by atoms with Crippen molar-refractivity contribution in [2.24, 2.45) is 5.92 Å². The first-order valence-corrected chi connectivity index (χ1v) is 3.60. The molecule has 0 heteroatoms. The molecular formula is C8H17-. The molecule has 0 spiro atoms. The number of rotatable bonds is 4. The van der Waals surface area contributed by atoms with Crippen molar-refractivity contribution in [3.8, 4) is 0 Å². The van der Waals surface area contributed by atoms with E-state index in [-0.39, 0.29) is 0 Å². The van der Waals surface area contributed by atoms with Crippen LogP contribution in [0, 0.1) is 12.3 Å². The summed E-state index contributed by atoms with van der Waals surface area (Å²) in [4.78, 5) is 0. The zero-order valence-corrected chi connectivity index (χ0v) is 6.28. The third-order valence-electron chi connectivity index (χ3n) is 1.20. The molecule has 0 nitrogen and oxygen atoms in total. The summed E-state index contributed by atoms with van der Waals surface area (Å²) < 4.78 is 0. The van der Waals surface area contributed by atoms with Crippen molar-refractivity contribution in [1.29, 1.82) is 0 Å². The summed E-state index contributed by atoms with van der Waals surface area (Å²) >= 11 is 0. The summed E-state index contributed by atoms with van der Waals surface area (Å²) in [6.07, 6.45) is 6.36. The fourth-order valence-corrected chi connectivity index (χ4v) is 0.655. The highest BCUT2D eigenvalue weighted by Crippen LogP contribution is 2.05. The summed E-state index contributed by atoms with van der Waals surface area (Å²) in [5.74, 6) is 0.779. The molecule has 0 fully saturated rings. The number of hydrogen-bond donors (Lipinski definition) is 0. The predicted octanol–water partition coefficient (Wildman–Crippen LogP) is 3.04. The quantitative estimate of drug-likeness (QED) is 0.388. The molecule has 0 N–H and O–H groups in total. The predicted molar refractivity (Wildman–Crippen MR) is 38.7 cm³/mol. The Morgan fingerprint density at radius 3 is 2.38 bits per heavy atom. The average Bonchev–Trinajstić information content (AvgIpc) is 1.66. The summed E-state index contributed by atoms with van der Waals surface area (Å²) in [5.41, 5.74) is 0. The van der Waals surface area contributed by atoms with Crippen LogP contribution in [0.15, 0.2) is 0 Å². The second kappa shape index (κ2) is 5.14. The van der Waals surface area contributed by atoms with Gasteiger partial charge in [0, 0.05) is 0 Å². The highest BCUT2D eigenvalue weighted by atomic mass is 14.0. The van der Waals surface area contributed by atoms with Gasteiger partial charge in [-0.05, 0) is 0 Å². The highest BCUT2D eigenvalue weighted by molar-refractivity contribution is 4.67. The Hall–Kier alpha value is 0. The lowest BCUT2D eigenvalue weighted by Gasteiger charge is -2.14. The molecule has 0 radical (unpaired) electrons. The largest absolute Gasteiger partial charge is 0.326 e. The van der Waals surface area contributed by atoms with Crippen LogP contribution in [0.4, 0.5) is 0 Å². The normalized spacial score (nSPS) is 10.5. The summed E-state index contributed by atoms with van der Waals surface area (Å²) in [5, 5.41) is 0. The second-order valence-electron chi connectivity index (χ2n) is 2.62. The lowest BCUT2D eigenvalue weighted by Crippen LogP contribution is -1.86. The molecule has 0 amide bonds. The molecule has 0 saturated heterocycles. The van der Waals surface area contributed by atoms with Gasteiger partial charge in [-0.1, -0.05) is 33.6 Å². The van der Waals surface area contributed by atoms with Gasteiger partial charge in [0.1, 0.15) is 0 Å². The smallest absolute Gasteiger partial charge is 0.0586 e. The lowest BCUT2D eigenvalue weighted by molar-refractivity contribution is 0.665. The topological polar surface area (TPSA) is 0 Å². The third-order valence-corrected chi connectivity index (χ3v) is 1.20. The Labute approximate surface area is 53.3 Å². The minimum Gasteiger partial charge on any atom is -0.326 e. The van der Waals surface area contributed by atoms with Crippen LogP contribution in [0.3, 0.4) is 0 Å². The summed E-state index contributed by atoms with van der Waals surface area (Å²) in [6.45, 7) is 6.69. The molecule has 0 rings (SSSR count). The molecule has 8 heavy (non-hydrogen) atoms. The minimum absolute atomic E-state index is 0.779. The molecule has 50 valence electrons. The standard InChI is InChI=1S/C8H17/c1-4-5-6-7-8(2)3/h7-8H,4-6H2,1-3H3/q-1. The van der Waals surface area contributed by atoms with Crippen LogP contribution < -0.4 is 0 Å². The van der Waals surface area contributed by atoms with Gasteiger partial charge in [-0.15, -0.1) is 0 Å². The maximum absolute atomic E-state index is 2.38. The van der Waals surface area contributed by atoms with Gasteiger partial charge in [-0.2, -0.15) is 12.3 Å². The van der Waals surface area contributed by atoms with Crippen LogP contribution in [0.25, 0.3) is 0 Å². The van der Waals surface area contributed by atoms with Crippen molar-refractivity contribution in [3.05, 3.63) is 6.42 Å². The maximum Gasteiger partial charge on any atom is -0.0586 e. The Kier molecular flexibility index (Phi) is 5.14. The van der Waals surface area contributed by atoms with E-state index in [1.807, 2.05) is 0 Å². The van der Waals surface area contributed by atoms with E-state index < -0.39 is 0 Å². The monoisotopic (exact) mass is 113 g/mol. The van der Waals surface area contributed by atoms with Crippen molar-refractivity contribution in [2.45, 2.75) is 40.0 Å². The summed E-state index contributed by atoms with van der Waals surface area (Å²) in [7, 11) is 0. The van der Waals surface area contributed by atoms with Crippen LogP contribution in [-0.2, 0) is 0 Å². The maximum atomic E-state index is 2.38. The molecule has 0 atom stereocenters. The zero-order chi connectivity index (χ0) is 6.41. The lowest BCUT2D eigenvalue weighted by atomic mass is 10.1. The van der Waals surface area contributed by atoms with E-state index >= 15 is 0 Å². The van der Waals surface area contributed by atoms with Gasteiger partial charge in [0.15, 0.2) is 0 Å². The number of unbranched alkanes of at least 4 members (excludes halogenated alkanes) is 2. The Morgan fingerprint density at radius 2 is 2.00 bits per heavy atom. The number of hydrogen-bond acceptors (Lipinski definition) is 0. The fourth-order valence-electron chi connectivity index (χ4n) is 0.655. The molecule has 0 aromatic carbocycles. The third kappa shape index (κ3) is 6.00. The zero-order valence-electron chi connectivity index (χ0n) is 6.28. The van der Waals surface area contributed by atoms with Crippen LogP contribution in [0.5, 0.6) is 0 Å². The van der Waals surface area contributed by atoms with Crippen LogP contribution in [0.1, 0.15) is 40.0 Å².